The van der Waals surface area contributed by atoms with Gasteiger partial charge in [-0.05, 0) is 25.2 Å². The number of aliphatic carboxylic acids is 1. The smallest absolute Gasteiger partial charge is 0.357 e. The maximum Gasteiger partial charge on any atom is 0.357 e. The largest absolute Gasteiger partial charge is 0.481 e. The molecule has 7 heteroatoms. The second-order valence-electron chi connectivity index (χ2n) is 4.68. The molecule has 1 aliphatic rings. The van der Waals surface area contributed by atoms with E-state index in [1.807, 2.05) is 4.90 Å². The molecule has 1 aromatic heterocycles. The van der Waals surface area contributed by atoms with Crippen LogP contribution in [0.3, 0.4) is 0 Å². The summed E-state index contributed by atoms with van der Waals surface area (Å²) in [4.78, 5) is 27.0. The van der Waals surface area contributed by atoms with Crippen molar-refractivity contribution in [3.8, 4) is 0 Å². The number of hydrogen-bond acceptors (Lipinski definition) is 5. The van der Waals surface area contributed by atoms with Crippen molar-refractivity contribution in [2.24, 2.45) is 5.92 Å². The van der Waals surface area contributed by atoms with Gasteiger partial charge in [-0.25, -0.2) is 4.79 Å². The Morgan fingerprint density at radius 2 is 2.05 bits per heavy atom. The first-order valence-electron chi connectivity index (χ1n) is 6.22. The van der Waals surface area contributed by atoms with Crippen molar-refractivity contribution in [2.75, 3.05) is 18.0 Å². The number of oxazole rings is 1. The average molecular weight is 268 g/mol. The van der Waals surface area contributed by atoms with E-state index in [2.05, 4.69) is 4.98 Å². The number of aromatic carboxylic acids is 1. The molecular weight excluding hydrogens is 252 g/mol. The molecule has 0 saturated carbocycles. The number of carbonyl (C=O) groups is 2. The number of carboxylic acids is 2. The van der Waals surface area contributed by atoms with E-state index < -0.39 is 11.9 Å². The summed E-state index contributed by atoms with van der Waals surface area (Å²) in [6.45, 7) is 1.42. The molecule has 0 spiro atoms. The van der Waals surface area contributed by atoms with E-state index in [0.717, 1.165) is 19.1 Å². The molecule has 0 unspecified atom stereocenters. The third-order valence-electron chi connectivity index (χ3n) is 3.36. The number of rotatable bonds is 5. The SMILES string of the molecule is O=C(O)CCC1CCN(c2nc(C(=O)O)co2)CC1. The number of anilines is 1. The minimum atomic E-state index is -1.11. The van der Waals surface area contributed by atoms with Crippen molar-refractivity contribution in [1.82, 2.24) is 4.98 Å². The standard InChI is InChI=1S/C12H16N2O5/c15-10(16)2-1-8-3-5-14(6-4-8)12-13-9(7-19-12)11(17)18/h7-8H,1-6H2,(H,15,16)(H,17,18). The van der Waals surface area contributed by atoms with Crippen LogP contribution in [0.15, 0.2) is 10.7 Å². The number of piperidine rings is 1. The molecule has 0 radical (unpaired) electrons. The molecule has 104 valence electrons. The predicted octanol–water partition coefficient (Wildman–Crippen LogP) is 1.45. The number of nitrogens with zero attached hydrogens (tertiary/aromatic N) is 2. The summed E-state index contributed by atoms with van der Waals surface area (Å²) in [5.41, 5.74) is -0.0944. The summed E-state index contributed by atoms with van der Waals surface area (Å²) in [5, 5.41) is 17.4. The molecule has 0 amide bonds. The molecule has 1 aliphatic heterocycles. The summed E-state index contributed by atoms with van der Waals surface area (Å²) < 4.78 is 5.14. The van der Waals surface area contributed by atoms with Crippen LogP contribution in [0.4, 0.5) is 6.01 Å². The van der Waals surface area contributed by atoms with Crippen LogP contribution < -0.4 is 4.90 Å². The van der Waals surface area contributed by atoms with Gasteiger partial charge in [-0.2, -0.15) is 4.98 Å². The van der Waals surface area contributed by atoms with Gasteiger partial charge in [-0.3, -0.25) is 4.79 Å². The highest BCUT2D eigenvalue weighted by Crippen LogP contribution is 2.25. The monoisotopic (exact) mass is 268 g/mol. The van der Waals surface area contributed by atoms with Crippen molar-refractivity contribution in [2.45, 2.75) is 25.7 Å². The second-order valence-corrected chi connectivity index (χ2v) is 4.68. The fourth-order valence-electron chi connectivity index (χ4n) is 2.25. The summed E-state index contributed by atoms with van der Waals surface area (Å²) in [6.07, 6.45) is 3.77. The van der Waals surface area contributed by atoms with E-state index in [9.17, 15) is 9.59 Å². The Labute approximate surface area is 109 Å². The molecule has 1 aromatic rings. The molecule has 19 heavy (non-hydrogen) atoms. The van der Waals surface area contributed by atoms with Crippen LogP contribution in [-0.4, -0.2) is 40.2 Å². The van der Waals surface area contributed by atoms with E-state index in [0.29, 0.717) is 31.4 Å². The maximum absolute atomic E-state index is 10.7. The summed E-state index contributed by atoms with van der Waals surface area (Å²) in [7, 11) is 0. The van der Waals surface area contributed by atoms with Crippen molar-refractivity contribution < 1.29 is 24.2 Å². The molecule has 0 atom stereocenters. The Bertz CT molecular complexity index is 462. The van der Waals surface area contributed by atoms with Crippen LogP contribution in [0.5, 0.6) is 0 Å². The molecule has 2 rings (SSSR count). The van der Waals surface area contributed by atoms with E-state index in [1.54, 1.807) is 0 Å². The lowest BCUT2D eigenvalue weighted by atomic mass is 9.92. The van der Waals surface area contributed by atoms with Gasteiger partial charge in [0.1, 0.15) is 6.26 Å². The zero-order chi connectivity index (χ0) is 13.8. The third kappa shape index (κ3) is 3.46. The first-order chi connectivity index (χ1) is 9.06. The average Bonchev–Trinajstić information content (AvgIpc) is 2.86. The lowest BCUT2D eigenvalue weighted by molar-refractivity contribution is -0.137. The second kappa shape index (κ2) is 5.73. The molecule has 0 aromatic carbocycles. The highest BCUT2D eigenvalue weighted by Gasteiger charge is 2.23. The third-order valence-corrected chi connectivity index (χ3v) is 3.36. The molecule has 2 heterocycles. The molecule has 0 bridgehead atoms. The Kier molecular flexibility index (Phi) is 4.03. The molecule has 7 nitrogen and oxygen atoms in total. The van der Waals surface area contributed by atoms with Crippen molar-refractivity contribution >= 4 is 18.0 Å². The van der Waals surface area contributed by atoms with Crippen molar-refractivity contribution in [3.05, 3.63) is 12.0 Å². The van der Waals surface area contributed by atoms with E-state index >= 15 is 0 Å². The lowest BCUT2D eigenvalue weighted by Gasteiger charge is -2.30. The van der Waals surface area contributed by atoms with Crippen LogP contribution in [0, 0.1) is 5.92 Å². The van der Waals surface area contributed by atoms with Gasteiger partial charge in [0.2, 0.25) is 0 Å². The maximum atomic E-state index is 10.7. The van der Waals surface area contributed by atoms with Gasteiger partial charge < -0.3 is 19.5 Å². The highest BCUT2D eigenvalue weighted by molar-refractivity contribution is 5.85. The van der Waals surface area contributed by atoms with Crippen LogP contribution in [0.1, 0.15) is 36.2 Å². The Balaban J connectivity index is 1.85. The zero-order valence-electron chi connectivity index (χ0n) is 10.4. The van der Waals surface area contributed by atoms with Gasteiger partial charge in [-0.1, -0.05) is 0 Å². The van der Waals surface area contributed by atoms with Crippen LogP contribution in [-0.2, 0) is 4.79 Å². The zero-order valence-corrected chi connectivity index (χ0v) is 10.4. The van der Waals surface area contributed by atoms with Gasteiger partial charge in [0.25, 0.3) is 6.01 Å². The minimum absolute atomic E-state index is 0.0944. The molecule has 1 fully saturated rings. The van der Waals surface area contributed by atoms with Gasteiger partial charge in [0.05, 0.1) is 0 Å². The van der Waals surface area contributed by atoms with E-state index in [1.165, 1.54) is 0 Å². The first kappa shape index (κ1) is 13.4. The van der Waals surface area contributed by atoms with Gasteiger partial charge in [0.15, 0.2) is 5.69 Å². The van der Waals surface area contributed by atoms with Crippen LogP contribution >= 0.6 is 0 Å². The first-order valence-corrected chi connectivity index (χ1v) is 6.22. The van der Waals surface area contributed by atoms with E-state index in [4.69, 9.17) is 14.6 Å². The van der Waals surface area contributed by atoms with Crippen LogP contribution in [0.2, 0.25) is 0 Å². The van der Waals surface area contributed by atoms with E-state index in [-0.39, 0.29) is 12.1 Å². The van der Waals surface area contributed by atoms with Gasteiger partial charge >= 0.3 is 11.9 Å². The number of carboxylic acid groups (broad SMARTS) is 2. The van der Waals surface area contributed by atoms with Crippen molar-refractivity contribution in [3.63, 3.8) is 0 Å². The minimum Gasteiger partial charge on any atom is -0.481 e. The lowest BCUT2D eigenvalue weighted by Crippen LogP contribution is -2.34. The molecular formula is C12H16N2O5. The summed E-state index contributed by atoms with van der Waals surface area (Å²) >= 11 is 0. The highest BCUT2D eigenvalue weighted by atomic mass is 16.4. The fraction of sp³-hybridized carbons (Fsp3) is 0.583. The van der Waals surface area contributed by atoms with Gasteiger partial charge in [-0.15, -0.1) is 0 Å². The summed E-state index contributed by atoms with van der Waals surface area (Å²) in [5.74, 6) is -1.46. The quantitative estimate of drug-likeness (QED) is 0.832. The Hall–Kier alpha value is -2.05. The number of aromatic nitrogens is 1. The normalized spacial score (nSPS) is 16.5. The van der Waals surface area contributed by atoms with Crippen molar-refractivity contribution in [1.29, 1.82) is 0 Å². The van der Waals surface area contributed by atoms with Crippen LogP contribution in [0.25, 0.3) is 0 Å². The molecule has 1 saturated heterocycles. The topological polar surface area (TPSA) is 104 Å². The fourth-order valence-corrected chi connectivity index (χ4v) is 2.25. The molecule has 2 N–H and O–H groups in total. The predicted molar refractivity (Wildman–Crippen MR) is 65.3 cm³/mol. The molecule has 0 aliphatic carbocycles. The van der Waals surface area contributed by atoms with Gasteiger partial charge in [0, 0.05) is 19.5 Å². The summed E-state index contributed by atoms with van der Waals surface area (Å²) in [6, 6.07) is 0.328. The Morgan fingerprint density at radius 1 is 1.37 bits per heavy atom. The number of hydrogen-bond donors (Lipinski definition) is 2. The Morgan fingerprint density at radius 3 is 2.58 bits per heavy atom.